The molecule has 0 aromatic heterocycles. The molecule has 2 heterocycles. The third kappa shape index (κ3) is 4.52. The van der Waals surface area contributed by atoms with Crippen LogP contribution in [-0.2, 0) is 0 Å². The molecule has 0 amide bonds. The summed E-state index contributed by atoms with van der Waals surface area (Å²) in [7, 11) is 2.25. The molecule has 0 unspecified atom stereocenters. The van der Waals surface area contributed by atoms with Crippen molar-refractivity contribution in [1.82, 2.24) is 14.7 Å². The summed E-state index contributed by atoms with van der Waals surface area (Å²) in [5.41, 5.74) is 0. The van der Waals surface area contributed by atoms with Gasteiger partial charge in [0.15, 0.2) is 0 Å². The lowest BCUT2D eigenvalue weighted by molar-refractivity contribution is 0.162. The van der Waals surface area contributed by atoms with Gasteiger partial charge in [0.25, 0.3) is 0 Å². The molecule has 2 fully saturated rings. The van der Waals surface area contributed by atoms with Crippen LogP contribution in [0.25, 0.3) is 0 Å². The fourth-order valence-corrected chi connectivity index (χ4v) is 3.36. The minimum atomic E-state index is 0.957. The van der Waals surface area contributed by atoms with Crippen molar-refractivity contribution in [3.63, 3.8) is 0 Å². The first kappa shape index (κ1) is 14.3. The summed E-state index contributed by atoms with van der Waals surface area (Å²) in [6.45, 7) is 12.8. The smallest absolute Gasteiger partial charge is 0.0109 e. The van der Waals surface area contributed by atoms with Gasteiger partial charge in [0.2, 0.25) is 0 Å². The predicted octanol–water partition coefficient (Wildman–Crippen LogP) is 1.75. The molecule has 0 atom stereocenters. The standard InChI is InChI=1S/C15H31N3/c1-3-7-17-8-4-9-18(13-12-17)14-15-5-10-16(2)11-6-15/h15H,3-14H2,1-2H3. The van der Waals surface area contributed by atoms with Crippen LogP contribution in [0.1, 0.15) is 32.6 Å². The largest absolute Gasteiger partial charge is 0.306 e. The van der Waals surface area contributed by atoms with Gasteiger partial charge in [-0.05, 0) is 71.4 Å². The quantitative estimate of drug-likeness (QED) is 0.756. The highest BCUT2D eigenvalue weighted by atomic mass is 15.2. The average Bonchev–Trinajstić information content (AvgIpc) is 2.59. The minimum Gasteiger partial charge on any atom is -0.306 e. The molecule has 3 heteroatoms. The number of piperidine rings is 1. The number of likely N-dealkylation sites (tertiary alicyclic amines) is 1. The van der Waals surface area contributed by atoms with E-state index in [2.05, 4.69) is 28.7 Å². The zero-order chi connectivity index (χ0) is 12.8. The molecule has 0 N–H and O–H groups in total. The molecule has 106 valence electrons. The summed E-state index contributed by atoms with van der Waals surface area (Å²) in [4.78, 5) is 7.85. The van der Waals surface area contributed by atoms with Crippen molar-refractivity contribution in [3.05, 3.63) is 0 Å². The number of rotatable bonds is 4. The molecule has 18 heavy (non-hydrogen) atoms. The maximum absolute atomic E-state index is 2.73. The van der Waals surface area contributed by atoms with Gasteiger partial charge in [0.1, 0.15) is 0 Å². The van der Waals surface area contributed by atoms with Crippen molar-refractivity contribution in [3.8, 4) is 0 Å². The van der Waals surface area contributed by atoms with Gasteiger partial charge >= 0.3 is 0 Å². The van der Waals surface area contributed by atoms with Crippen LogP contribution in [-0.4, -0.2) is 74.1 Å². The third-order valence-corrected chi connectivity index (χ3v) is 4.58. The topological polar surface area (TPSA) is 9.72 Å². The van der Waals surface area contributed by atoms with Gasteiger partial charge in [-0.15, -0.1) is 0 Å². The second kappa shape index (κ2) is 7.46. The number of nitrogens with zero attached hydrogens (tertiary/aromatic N) is 3. The lowest BCUT2D eigenvalue weighted by Crippen LogP contribution is -2.38. The summed E-state index contributed by atoms with van der Waals surface area (Å²) >= 11 is 0. The highest BCUT2D eigenvalue weighted by molar-refractivity contribution is 4.76. The summed E-state index contributed by atoms with van der Waals surface area (Å²) in [5, 5.41) is 0. The molecule has 0 aromatic rings. The molecule has 2 saturated heterocycles. The molecule has 3 nitrogen and oxygen atoms in total. The van der Waals surface area contributed by atoms with E-state index in [1.54, 1.807) is 0 Å². The van der Waals surface area contributed by atoms with Crippen molar-refractivity contribution >= 4 is 0 Å². The van der Waals surface area contributed by atoms with Crippen LogP contribution < -0.4 is 0 Å². The van der Waals surface area contributed by atoms with Crippen LogP contribution in [0.5, 0.6) is 0 Å². The molecule has 0 radical (unpaired) electrons. The predicted molar refractivity (Wildman–Crippen MR) is 78.0 cm³/mol. The summed E-state index contributed by atoms with van der Waals surface area (Å²) in [6.07, 6.45) is 5.49. The zero-order valence-electron chi connectivity index (χ0n) is 12.4. The lowest BCUT2D eigenvalue weighted by Gasteiger charge is -2.32. The van der Waals surface area contributed by atoms with Crippen molar-refractivity contribution in [2.45, 2.75) is 32.6 Å². The van der Waals surface area contributed by atoms with Crippen LogP contribution in [0.2, 0.25) is 0 Å². The van der Waals surface area contributed by atoms with Crippen LogP contribution in [0.3, 0.4) is 0 Å². The van der Waals surface area contributed by atoms with Gasteiger partial charge in [-0.1, -0.05) is 6.92 Å². The minimum absolute atomic E-state index is 0.957. The molecule has 2 aliphatic heterocycles. The Hall–Kier alpha value is -0.120. The molecule has 0 saturated carbocycles. The van der Waals surface area contributed by atoms with E-state index in [0.717, 1.165) is 5.92 Å². The van der Waals surface area contributed by atoms with Gasteiger partial charge < -0.3 is 14.7 Å². The first-order valence-corrected chi connectivity index (χ1v) is 7.91. The third-order valence-electron chi connectivity index (χ3n) is 4.58. The van der Waals surface area contributed by atoms with Gasteiger partial charge in [0.05, 0.1) is 0 Å². The van der Waals surface area contributed by atoms with Crippen molar-refractivity contribution in [1.29, 1.82) is 0 Å². The van der Waals surface area contributed by atoms with Crippen LogP contribution in [0.15, 0.2) is 0 Å². The maximum Gasteiger partial charge on any atom is 0.0109 e. The Morgan fingerprint density at radius 1 is 0.889 bits per heavy atom. The Morgan fingerprint density at radius 3 is 2.28 bits per heavy atom. The average molecular weight is 253 g/mol. The van der Waals surface area contributed by atoms with E-state index in [4.69, 9.17) is 0 Å². The fourth-order valence-electron chi connectivity index (χ4n) is 3.36. The summed E-state index contributed by atoms with van der Waals surface area (Å²) in [5.74, 6) is 0.957. The van der Waals surface area contributed by atoms with Crippen LogP contribution >= 0.6 is 0 Å². The van der Waals surface area contributed by atoms with Crippen molar-refractivity contribution in [2.75, 3.05) is 59.4 Å². The molecule has 0 spiro atoms. The van der Waals surface area contributed by atoms with Gasteiger partial charge in [0, 0.05) is 19.6 Å². The van der Waals surface area contributed by atoms with Crippen LogP contribution in [0.4, 0.5) is 0 Å². The molecule has 2 rings (SSSR count). The van der Waals surface area contributed by atoms with E-state index in [1.807, 2.05) is 0 Å². The fraction of sp³-hybridized carbons (Fsp3) is 1.00. The monoisotopic (exact) mass is 253 g/mol. The van der Waals surface area contributed by atoms with E-state index in [-0.39, 0.29) is 0 Å². The Labute approximate surface area is 113 Å². The SMILES string of the molecule is CCCN1CCCN(CC2CCN(C)CC2)CC1. The van der Waals surface area contributed by atoms with Crippen LogP contribution in [0, 0.1) is 5.92 Å². The van der Waals surface area contributed by atoms with Crippen molar-refractivity contribution in [2.24, 2.45) is 5.92 Å². The molecule has 0 aromatic carbocycles. The van der Waals surface area contributed by atoms with Gasteiger partial charge in [-0.2, -0.15) is 0 Å². The zero-order valence-corrected chi connectivity index (χ0v) is 12.4. The van der Waals surface area contributed by atoms with Gasteiger partial charge in [-0.25, -0.2) is 0 Å². The van der Waals surface area contributed by atoms with E-state index >= 15 is 0 Å². The molecule has 2 aliphatic rings. The Balaban J connectivity index is 1.70. The number of hydrogen-bond acceptors (Lipinski definition) is 3. The normalized spacial score (nSPS) is 26.3. The molecular formula is C15H31N3. The second-order valence-electron chi connectivity index (χ2n) is 6.24. The summed E-state index contributed by atoms with van der Waals surface area (Å²) in [6, 6.07) is 0. The highest BCUT2D eigenvalue weighted by Crippen LogP contribution is 2.18. The Kier molecular flexibility index (Phi) is 5.93. The van der Waals surface area contributed by atoms with E-state index in [9.17, 15) is 0 Å². The Bertz CT molecular complexity index is 224. The molecule has 0 bridgehead atoms. The van der Waals surface area contributed by atoms with E-state index < -0.39 is 0 Å². The van der Waals surface area contributed by atoms with Gasteiger partial charge in [-0.3, -0.25) is 0 Å². The van der Waals surface area contributed by atoms with E-state index in [0.29, 0.717) is 0 Å². The molecular weight excluding hydrogens is 222 g/mol. The highest BCUT2D eigenvalue weighted by Gasteiger charge is 2.21. The summed E-state index contributed by atoms with van der Waals surface area (Å²) < 4.78 is 0. The second-order valence-corrected chi connectivity index (χ2v) is 6.24. The van der Waals surface area contributed by atoms with Crippen molar-refractivity contribution < 1.29 is 0 Å². The molecule has 0 aliphatic carbocycles. The number of hydrogen-bond donors (Lipinski definition) is 0. The van der Waals surface area contributed by atoms with E-state index in [1.165, 1.54) is 78.0 Å². The maximum atomic E-state index is 2.73. The first-order chi connectivity index (χ1) is 8.78. The first-order valence-electron chi connectivity index (χ1n) is 7.91. The lowest BCUT2D eigenvalue weighted by atomic mass is 9.96. The Morgan fingerprint density at radius 2 is 1.56 bits per heavy atom.